The molecule has 2 aliphatic rings. The minimum absolute atomic E-state index is 0.0425. The van der Waals surface area contributed by atoms with E-state index in [4.69, 9.17) is 9.47 Å². The summed E-state index contributed by atoms with van der Waals surface area (Å²) in [6.45, 7) is 2.74. The zero-order valence-corrected chi connectivity index (χ0v) is 26.4. The van der Waals surface area contributed by atoms with Gasteiger partial charge in [0.1, 0.15) is 17.9 Å². The maximum atomic E-state index is 13.1. The van der Waals surface area contributed by atoms with Gasteiger partial charge in [0, 0.05) is 74.3 Å². The van der Waals surface area contributed by atoms with Crippen molar-refractivity contribution in [3.05, 3.63) is 83.3 Å². The third kappa shape index (κ3) is 7.71. The summed E-state index contributed by atoms with van der Waals surface area (Å²) in [6.07, 6.45) is 8.65. The number of rotatable bonds is 10. The number of benzene rings is 2. The number of pyridine rings is 1. The molecule has 240 valence electrons. The molecule has 4 heterocycles. The molecule has 47 heavy (non-hydrogen) atoms. The summed E-state index contributed by atoms with van der Waals surface area (Å²) < 4.78 is 11.8. The largest absolute Gasteiger partial charge is 0.486 e. The molecule has 2 fully saturated rings. The van der Waals surface area contributed by atoms with E-state index in [1.807, 2.05) is 43.3 Å². The van der Waals surface area contributed by atoms with Crippen molar-refractivity contribution < 1.29 is 19.1 Å². The van der Waals surface area contributed by atoms with Crippen molar-refractivity contribution in [3.63, 3.8) is 0 Å². The normalized spacial score (nSPS) is 15.9. The first-order valence-corrected chi connectivity index (χ1v) is 15.6. The smallest absolute Gasteiger partial charge is 0.248 e. The number of Topliss-reactive ketones (excluding diaryl/α,β-unsaturated/α-hetero) is 1. The molecule has 1 unspecified atom stereocenters. The number of nitrogens with zero attached hydrogens (tertiary/aromatic N) is 5. The molecular weight excluding hydrogens is 596 g/mol. The highest BCUT2D eigenvalue weighted by atomic mass is 16.5. The molecule has 12 heteroatoms. The van der Waals surface area contributed by atoms with E-state index in [9.17, 15) is 14.9 Å². The summed E-state index contributed by atoms with van der Waals surface area (Å²) in [5.74, 6) is 0.411. The summed E-state index contributed by atoms with van der Waals surface area (Å²) in [5.41, 5.74) is 5.07. The van der Waals surface area contributed by atoms with Gasteiger partial charge in [0.15, 0.2) is 5.78 Å². The molecule has 1 amide bonds. The Labute approximate surface area is 272 Å². The van der Waals surface area contributed by atoms with E-state index in [1.54, 1.807) is 30.6 Å². The lowest BCUT2D eigenvalue weighted by molar-refractivity contribution is -0.112. The lowest BCUT2D eigenvalue weighted by atomic mass is 10.0. The van der Waals surface area contributed by atoms with Crippen LogP contribution in [0.15, 0.2) is 66.6 Å². The van der Waals surface area contributed by atoms with E-state index in [-0.39, 0.29) is 35.7 Å². The van der Waals surface area contributed by atoms with Crippen LogP contribution < -0.4 is 25.6 Å². The number of anilines is 4. The number of piperidine rings is 1. The molecule has 0 radical (unpaired) electrons. The second kappa shape index (κ2) is 14.4. The first-order chi connectivity index (χ1) is 22.9. The molecule has 0 spiro atoms. The first-order valence-electron chi connectivity index (χ1n) is 15.6. The molecule has 0 aliphatic carbocycles. The minimum atomic E-state index is -0.255. The van der Waals surface area contributed by atoms with Crippen LogP contribution in [0.3, 0.4) is 0 Å². The van der Waals surface area contributed by atoms with Gasteiger partial charge in [0.2, 0.25) is 11.9 Å². The highest BCUT2D eigenvalue weighted by Gasteiger charge is 2.22. The minimum Gasteiger partial charge on any atom is -0.486 e. The third-order valence-electron chi connectivity index (χ3n) is 8.12. The van der Waals surface area contributed by atoms with Crippen LogP contribution in [0.1, 0.15) is 40.7 Å². The standard InChI is InChI=1S/C35H36N8O4/c1-43(2)26-5-3-24(4-6-26)31(44)13-23-18-39-35(40-19-23)42-34-25(17-36)20-38-29-16-32(47-27-9-12-46-21-27)30(15-28(29)34)41-33(45)14-22-7-10-37-11-8-22/h3-6,14-16,18-20,27,37H,7-13,21H2,1-2H3,(H,41,45)(H,38,39,40,42). The van der Waals surface area contributed by atoms with Crippen LogP contribution in [0, 0.1) is 11.3 Å². The summed E-state index contributed by atoms with van der Waals surface area (Å²) >= 11 is 0. The van der Waals surface area contributed by atoms with E-state index in [1.165, 1.54) is 6.20 Å². The van der Waals surface area contributed by atoms with Crippen molar-refractivity contribution in [1.29, 1.82) is 5.26 Å². The molecule has 0 bridgehead atoms. The molecule has 0 saturated carbocycles. The Morgan fingerprint density at radius 2 is 1.87 bits per heavy atom. The number of carbonyl (C=O) groups is 2. The van der Waals surface area contributed by atoms with Crippen LogP contribution in [0.25, 0.3) is 10.9 Å². The van der Waals surface area contributed by atoms with Gasteiger partial charge in [-0.3, -0.25) is 14.6 Å². The SMILES string of the molecule is CN(C)c1ccc(C(=O)Cc2cnc(Nc3c(C#N)cnc4cc(OC5CCOC5)c(NC(=O)C=C5CCNCC5)cc34)nc2)cc1. The van der Waals surface area contributed by atoms with Crippen LogP contribution in [-0.4, -0.2) is 73.1 Å². The van der Waals surface area contributed by atoms with Crippen LogP contribution in [0.5, 0.6) is 5.75 Å². The molecule has 3 N–H and O–H groups in total. The van der Waals surface area contributed by atoms with Crippen molar-refractivity contribution in [2.45, 2.75) is 31.8 Å². The average molecular weight is 633 g/mol. The van der Waals surface area contributed by atoms with Crippen LogP contribution in [0.2, 0.25) is 0 Å². The topological polar surface area (TPSA) is 154 Å². The number of nitrogens with one attached hydrogen (secondary N) is 3. The van der Waals surface area contributed by atoms with Crippen LogP contribution >= 0.6 is 0 Å². The second-order valence-electron chi connectivity index (χ2n) is 11.8. The molecule has 2 aliphatic heterocycles. The molecule has 2 aromatic carbocycles. The summed E-state index contributed by atoms with van der Waals surface area (Å²) in [6, 6.07) is 13.1. The van der Waals surface area contributed by atoms with Gasteiger partial charge in [-0.2, -0.15) is 5.26 Å². The van der Waals surface area contributed by atoms with Gasteiger partial charge >= 0.3 is 0 Å². The van der Waals surface area contributed by atoms with E-state index in [0.29, 0.717) is 52.4 Å². The molecule has 1 atom stereocenters. The lowest BCUT2D eigenvalue weighted by Crippen LogP contribution is -2.24. The van der Waals surface area contributed by atoms with Gasteiger partial charge in [-0.15, -0.1) is 0 Å². The highest BCUT2D eigenvalue weighted by molar-refractivity contribution is 6.05. The first kappa shape index (κ1) is 31.6. The van der Waals surface area contributed by atoms with Gasteiger partial charge in [0.05, 0.1) is 35.7 Å². The van der Waals surface area contributed by atoms with Gasteiger partial charge in [-0.25, -0.2) is 9.97 Å². The molecule has 4 aromatic rings. The number of ether oxygens (including phenoxy) is 2. The van der Waals surface area contributed by atoms with E-state index in [0.717, 1.165) is 43.6 Å². The summed E-state index contributed by atoms with van der Waals surface area (Å²) in [7, 11) is 3.89. The Morgan fingerprint density at radius 1 is 1.11 bits per heavy atom. The Balaban J connectivity index is 1.26. The zero-order chi connectivity index (χ0) is 32.8. The number of aromatic nitrogens is 3. The molecular formula is C35H36N8O4. The van der Waals surface area contributed by atoms with E-state index < -0.39 is 0 Å². The van der Waals surface area contributed by atoms with E-state index >= 15 is 0 Å². The number of hydrogen-bond donors (Lipinski definition) is 3. The van der Waals surface area contributed by atoms with Gasteiger partial charge in [0.25, 0.3) is 0 Å². The van der Waals surface area contributed by atoms with Gasteiger partial charge in [-0.05, 0) is 61.8 Å². The Hall–Kier alpha value is -5.38. The fourth-order valence-electron chi connectivity index (χ4n) is 5.52. The number of nitriles is 1. The predicted octanol–water partition coefficient (Wildman–Crippen LogP) is 4.55. The fraction of sp³-hybridized carbons (Fsp3) is 0.314. The van der Waals surface area contributed by atoms with Crippen molar-refractivity contribution in [3.8, 4) is 11.8 Å². The fourth-order valence-corrected chi connectivity index (χ4v) is 5.52. The van der Waals surface area contributed by atoms with Crippen LogP contribution in [-0.2, 0) is 16.0 Å². The monoisotopic (exact) mass is 632 g/mol. The van der Waals surface area contributed by atoms with Crippen molar-refractivity contribution in [2.75, 3.05) is 55.9 Å². The molecule has 6 rings (SSSR count). The van der Waals surface area contributed by atoms with Crippen molar-refractivity contribution in [1.82, 2.24) is 20.3 Å². The second-order valence-corrected chi connectivity index (χ2v) is 11.8. The highest BCUT2D eigenvalue weighted by Crippen LogP contribution is 2.37. The molecule has 2 saturated heterocycles. The predicted molar refractivity (Wildman–Crippen MR) is 179 cm³/mol. The van der Waals surface area contributed by atoms with Gasteiger partial charge in [-0.1, -0.05) is 5.57 Å². The van der Waals surface area contributed by atoms with Gasteiger partial charge < -0.3 is 30.3 Å². The Bertz CT molecular complexity index is 1840. The summed E-state index contributed by atoms with van der Waals surface area (Å²) in [4.78, 5) is 41.3. The zero-order valence-electron chi connectivity index (χ0n) is 26.4. The number of carbonyl (C=O) groups excluding carboxylic acids is 2. The van der Waals surface area contributed by atoms with Crippen molar-refractivity contribution in [2.24, 2.45) is 0 Å². The quantitative estimate of drug-likeness (QED) is 0.167. The maximum Gasteiger partial charge on any atom is 0.248 e. The maximum absolute atomic E-state index is 13.1. The number of ketones is 1. The Morgan fingerprint density at radius 3 is 2.55 bits per heavy atom. The Kier molecular flexibility index (Phi) is 9.66. The summed E-state index contributed by atoms with van der Waals surface area (Å²) in [5, 5.41) is 20.0. The number of amides is 1. The van der Waals surface area contributed by atoms with Crippen molar-refractivity contribution >= 4 is 45.6 Å². The number of hydrogen-bond acceptors (Lipinski definition) is 11. The van der Waals surface area contributed by atoms with E-state index in [2.05, 4.69) is 37.0 Å². The average Bonchev–Trinajstić information content (AvgIpc) is 3.60. The lowest BCUT2D eigenvalue weighted by Gasteiger charge is -2.19. The molecule has 2 aromatic heterocycles. The number of fused-ring (bicyclic) bond motifs is 1. The molecule has 12 nitrogen and oxygen atoms in total. The van der Waals surface area contributed by atoms with Crippen LogP contribution in [0.4, 0.5) is 23.0 Å². The third-order valence-corrected chi connectivity index (χ3v) is 8.12.